The second kappa shape index (κ2) is 7.23. The van der Waals surface area contributed by atoms with E-state index < -0.39 is 24.4 Å². The second-order valence-corrected chi connectivity index (χ2v) is 5.55. The Labute approximate surface area is 124 Å². The van der Waals surface area contributed by atoms with Crippen LogP contribution in [0.4, 0.5) is 14.9 Å². The summed E-state index contributed by atoms with van der Waals surface area (Å²) in [5, 5.41) is 11.2. The van der Waals surface area contributed by atoms with E-state index in [-0.39, 0.29) is 18.2 Å². The van der Waals surface area contributed by atoms with Crippen molar-refractivity contribution in [3.8, 4) is 0 Å². The summed E-state index contributed by atoms with van der Waals surface area (Å²) in [7, 11) is 0. The summed E-state index contributed by atoms with van der Waals surface area (Å²) in [5.41, 5.74) is -0.00311. The number of aliphatic carboxylic acids is 1. The van der Waals surface area contributed by atoms with Crippen LogP contribution < -0.4 is 5.32 Å². The zero-order valence-electron chi connectivity index (χ0n) is 11.2. The topological polar surface area (TPSA) is 69.6 Å². The number of hydrogen-bond acceptors (Lipinski definition) is 2. The molecule has 7 heteroatoms. The van der Waals surface area contributed by atoms with Gasteiger partial charge in [-0.25, -0.2) is 9.18 Å². The summed E-state index contributed by atoms with van der Waals surface area (Å²) in [6.07, 6.45) is 0. The molecule has 2 amide bonds. The van der Waals surface area contributed by atoms with Gasteiger partial charge in [0, 0.05) is 11.0 Å². The van der Waals surface area contributed by atoms with Gasteiger partial charge in [0.2, 0.25) is 0 Å². The number of nitrogens with zero attached hydrogens (tertiary/aromatic N) is 1. The number of carboxylic acid groups (broad SMARTS) is 1. The Morgan fingerprint density at radius 3 is 2.60 bits per heavy atom. The van der Waals surface area contributed by atoms with Crippen LogP contribution in [-0.4, -0.2) is 35.1 Å². The molecule has 0 aliphatic heterocycles. The molecule has 0 spiro atoms. The van der Waals surface area contributed by atoms with Gasteiger partial charge < -0.3 is 15.3 Å². The molecule has 20 heavy (non-hydrogen) atoms. The predicted octanol–water partition coefficient (Wildman–Crippen LogP) is 3.16. The van der Waals surface area contributed by atoms with Gasteiger partial charge in [-0.05, 0) is 34.0 Å². The minimum Gasteiger partial charge on any atom is -0.480 e. The van der Waals surface area contributed by atoms with Crippen LogP contribution in [0.1, 0.15) is 13.8 Å². The number of nitrogens with one attached hydrogen (secondary N) is 1. The third kappa shape index (κ3) is 4.80. The van der Waals surface area contributed by atoms with E-state index in [0.717, 1.165) is 4.90 Å². The van der Waals surface area contributed by atoms with E-state index in [1.807, 2.05) is 13.8 Å². The van der Waals surface area contributed by atoms with Gasteiger partial charge in [-0.15, -0.1) is 0 Å². The number of anilines is 1. The Bertz CT molecular complexity index is 488. The molecule has 0 aliphatic rings. The summed E-state index contributed by atoms with van der Waals surface area (Å²) >= 11 is 3.14. The molecule has 0 fully saturated rings. The Morgan fingerprint density at radius 2 is 2.10 bits per heavy atom. The molecule has 110 valence electrons. The molecule has 0 heterocycles. The molecule has 2 N–H and O–H groups in total. The molecule has 1 rings (SSSR count). The highest BCUT2D eigenvalue weighted by Crippen LogP contribution is 2.25. The van der Waals surface area contributed by atoms with Crippen LogP contribution in [0.3, 0.4) is 0 Å². The highest BCUT2D eigenvalue weighted by molar-refractivity contribution is 9.10. The standard InChI is InChI=1S/C13H16BrFN2O3/c1-8(2)6-17(7-11(18)19)13(20)16-12-9(14)4-3-5-10(12)15/h3-5,8H,6-7H2,1-2H3,(H,16,20)(H,18,19). The zero-order chi connectivity index (χ0) is 15.3. The summed E-state index contributed by atoms with van der Waals surface area (Å²) < 4.78 is 14.0. The summed E-state index contributed by atoms with van der Waals surface area (Å²) in [5.74, 6) is -1.61. The first kappa shape index (κ1) is 16.4. The van der Waals surface area contributed by atoms with Crippen molar-refractivity contribution >= 4 is 33.6 Å². The monoisotopic (exact) mass is 346 g/mol. The van der Waals surface area contributed by atoms with Crippen molar-refractivity contribution < 1.29 is 19.1 Å². The fraction of sp³-hybridized carbons (Fsp3) is 0.385. The Hall–Kier alpha value is -1.63. The summed E-state index contributed by atoms with van der Waals surface area (Å²) in [4.78, 5) is 24.0. The van der Waals surface area contributed by atoms with E-state index in [1.165, 1.54) is 12.1 Å². The fourth-order valence-electron chi connectivity index (χ4n) is 1.63. The average molecular weight is 347 g/mol. The van der Waals surface area contributed by atoms with E-state index in [1.54, 1.807) is 6.07 Å². The number of carbonyl (C=O) groups is 2. The van der Waals surface area contributed by atoms with Gasteiger partial charge in [-0.2, -0.15) is 0 Å². The maximum absolute atomic E-state index is 13.6. The van der Waals surface area contributed by atoms with Crippen molar-refractivity contribution in [2.45, 2.75) is 13.8 Å². The number of para-hydroxylation sites is 1. The Morgan fingerprint density at radius 1 is 1.45 bits per heavy atom. The van der Waals surface area contributed by atoms with Crippen LogP contribution in [0.15, 0.2) is 22.7 Å². The van der Waals surface area contributed by atoms with Crippen LogP contribution in [-0.2, 0) is 4.79 Å². The maximum Gasteiger partial charge on any atom is 0.323 e. The van der Waals surface area contributed by atoms with E-state index >= 15 is 0 Å². The lowest BCUT2D eigenvalue weighted by atomic mass is 10.2. The molecule has 0 bridgehead atoms. The van der Waals surface area contributed by atoms with Crippen molar-refractivity contribution in [3.05, 3.63) is 28.5 Å². The van der Waals surface area contributed by atoms with E-state index in [9.17, 15) is 14.0 Å². The lowest BCUT2D eigenvalue weighted by Crippen LogP contribution is -2.41. The molecule has 0 radical (unpaired) electrons. The Kier molecular flexibility index (Phi) is 5.94. The number of halogens is 2. The van der Waals surface area contributed by atoms with Crippen LogP contribution in [0.5, 0.6) is 0 Å². The van der Waals surface area contributed by atoms with Gasteiger partial charge in [-0.3, -0.25) is 4.79 Å². The van der Waals surface area contributed by atoms with Crippen molar-refractivity contribution in [1.82, 2.24) is 4.90 Å². The summed E-state index contributed by atoms with van der Waals surface area (Å²) in [6.45, 7) is 3.56. The quantitative estimate of drug-likeness (QED) is 0.860. The smallest absolute Gasteiger partial charge is 0.323 e. The van der Waals surface area contributed by atoms with Crippen molar-refractivity contribution in [2.75, 3.05) is 18.4 Å². The highest BCUT2D eigenvalue weighted by Gasteiger charge is 2.20. The first-order valence-corrected chi connectivity index (χ1v) is 6.82. The van der Waals surface area contributed by atoms with Gasteiger partial charge in [0.25, 0.3) is 0 Å². The van der Waals surface area contributed by atoms with Gasteiger partial charge in [0.05, 0.1) is 5.69 Å². The van der Waals surface area contributed by atoms with Gasteiger partial charge >= 0.3 is 12.0 Å². The molecule has 0 atom stereocenters. The van der Waals surface area contributed by atoms with E-state index in [0.29, 0.717) is 4.47 Å². The van der Waals surface area contributed by atoms with Crippen LogP contribution in [0, 0.1) is 11.7 Å². The first-order valence-electron chi connectivity index (χ1n) is 6.03. The van der Waals surface area contributed by atoms with Gasteiger partial charge in [-0.1, -0.05) is 19.9 Å². The second-order valence-electron chi connectivity index (χ2n) is 4.69. The third-order valence-electron chi connectivity index (χ3n) is 2.39. The molecule has 0 saturated heterocycles. The van der Waals surface area contributed by atoms with Crippen LogP contribution >= 0.6 is 15.9 Å². The fourth-order valence-corrected chi connectivity index (χ4v) is 2.07. The number of rotatable bonds is 5. The molecule has 1 aromatic carbocycles. The molecular formula is C13H16BrFN2O3. The SMILES string of the molecule is CC(C)CN(CC(=O)O)C(=O)Nc1c(F)cccc1Br. The lowest BCUT2D eigenvalue weighted by molar-refractivity contribution is -0.137. The summed E-state index contributed by atoms with van der Waals surface area (Å²) in [6, 6.07) is 3.65. The molecule has 0 saturated carbocycles. The largest absolute Gasteiger partial charge is 0.480 e. The lowest BCUT2D eigenvalue weighted by Gasteiger charge is -2.23. The Balaban J connectivity index is 2.87. The maximum atomic E-state index is 13.6. The number of carbonyl (C=O) groups excluding carboxylic acids is 1. The number of amides is 2. The third-order valence-corrected chi connectivity index (χ3v) is 3.05. The first-order chi connectivity index (χ1) is 9.31. The van der Waals surface area contributed by atoms with Crippen molar-refractivity contribution in [1.29, 1.82) is 0 Å². The molecular weight excluding hydrogens is 331 g/mol. The normalized spacial score (nSPS) is 10.4. The highest BCUT2D eigenvalue weighted by atomic mass is 79.9. The molecule has 0 unspecified atom stereocenters. The predicted molar refractivity (Wildman–Crippen MR) is 77.2 cm³/mol. The minimum absolute atomic E-state index is 0.00311. The number of urea groups is 1. The number of carboxylic acids is 1. The molecule has 1 aromatic rings. The van der Waals surface area contributed by atoms with Crippen molar-refractivity contribution in [2.24, 2.45) is 5.92 Å². The van der Waals surface area contributed by atoms with E-state index in [4.69, 9.17) is 5.11 Å². The van der Waals surface area contributed by atoms with Gasteiger partial charge in [0.15, 0.2) is 0 Å². The minimum atomic E-state index is -1.12. The molecule has 5 nitrogen and oxygen atoms in total. The molecule has 0 aliphatic carbocycles. The van der Waals surface area contributed by atoms with Crippen LogP contribution in [0.25, 0.3) is 0 Å². The number of hydrogen-bond donors (Lipinski definition) is 2. The molecule has 0 aromatic heterocycles. The van der Waals surface area contributed by atoms with Crippen LogP contribution in [0.2, 0.25) is 0 Å². The average Bonchev–Trinajstić information content (AvgIpc) is 2.31. The van der Waals surface area contributed by atoms with Crippen molar-refractivity contribution in [3.63, 3.8) is 0 Å². The zero-order valence-corrected chi connectivity index (χ0v) is 12.8. The number of benzene rings is 1. The van der Waals surface area contributed by atoms with E-state index in [2.05, 4.69) is 21.2 Å². The van der Waals surface area contributed by atoms with Gasteiger partial charge in [0.1, 0.15) is 12.4 Å².